The van der Waals surface area contributed by atoms with Crippen molar-refractivity contribution in [1.29, 1.82) is 5.26 Å². The number of methoxy groups -OCH3 is 1. The van der Waals surface area contributed by atoms with Gasteiger partial charge in [0.2, 0.25) is 0 Å². The number of nitrogens with one attached hydrogen (secondary N) is 1. The zero-order chi connectivity index (χ0) is 18.1. The lowest BCUT2D eigenvalue weighted by Crippen LogP contribution is -1.89. The Morgan fingerprint density at radius 3 is 2.96 bits per heavy atom. The summed E-state index contributed by atoms with van der Waals surface area (Å²) < 4.78 is 11.9. The Morgan fingerprint density at radius 2 is 2.15 bits per heavy atom. The van der Waals surface area contributed by atoms with E-state index in [-0.39, 0.29) is 11.9 Å². The van der Waals surface area contributed by atoms with Gasteiger partial charge in [0.1, 0.15) is 17.3 Å². The van der Waals surface area contributed by atoms with Crippen molar-refractivity contribution in [3.63, 3.8) is 0 Å². The highest BCUT2D eigenvalue weighted by atomic mass is 35.5. The van der Waals surface area contributed by atoms with Crippen LogP contribution in [0, 0.1) is 11.3 Å². The maximum absolute atomic E-state index is 9.24. The number of thiazole rings is 1. The zero-order valence-electron chi connectivity index (χ0n) is 13.4. The van der Waals surface area contributed by atoms with Crippen molar-refractivity contribution in [2.45, 2.75) is 0 Å². The summed E-state index contributed by atoms with van der Waals surface area (Å²) in [6.07, 6.45) is 0. The van der Waals surface area contributed by atoms with Crippen molar-refractivity contribution in [3.8, 4) is 23.3 Å². The molecular formula is C17H10ClN5O2S. The van der Waals surface area contributed by atoms with Crippen LogP contribution in [-0.4, -0.2) is 22.3 Å². The third-order valence-electron chi connectivity index (χ3n) is 3.57. The minimum Gasteiger partial charge on any atom is -0.494 e. The second-order valence-electron chi connectivity index (χ2n) is 5.17. The normalized spacial score (nSPS) is 10.7. The first-order valence-corrected chi connectivity index (χ1v) is 8.61. The van der Waals surface area contributed by atoms with Crippen LogP contribution in [0.3, 0.4) is 0 Å². The van der Waals surface area contributed by atoms with Crippen LogP contribution in [0.25, 0.3) is 21.7 Å². The van der Waals surface area contributed by atoms with E-state index in [0.29, 0.717) is 27.0 Å². The molecule has 2 aromatic heterocycles. The van der Waals surface area contributed by atoms with Crippen molar-refractivity contribution >= 4 is 44.3 Å². The topological polar surface area (TPSA) is 96.9 Å². The van der Waals surface area contributed by atoms with Gasteiger partial charge in [-0.05, 0) is 30.3 Å². The minimum absolute atomic E-state index is 0.178. The molecule has 0 aliphatic rings. The number of nitrogens with zero attached hydrogens (tertiary/aromatic N) is 4. The molecule has 128 valence electrons. The van der Waals surface area contributed by atoms with Crippen LogP contribution >= 0.6 is 22.9 Å². The van der Waals surface area contributed by atoms with E-state index in [4.69, 9.17) is 20.8 Å². The number of anilines is 2. The lowest BCUT2D eigenvalue weighted by atomic mass is 10.1. The summed E-state index contributed by atoms with van der Waals surface area (Å²) in [6.45, 7) is 0. The van der Waals surface area contributed by atoms with E-state index in [9.17, 15) is 5.26 Å². The van der Waals surface area contributed by atoms with Crippen molar-refractivity contribution in [2.24, 2.45) is 0 Å². The predicted octanol–water partition coefficient (Wildman–Crippen LogP) is 4.62. The number of rotatable bonds is 4. The average molecular weight is 384 g/mol. The van der Waals surface area contributed by atoms with Gasteiger partial charge < -0.3 is 9.15 Å². The lowest BCUT2D eigenvalue weighted by Gasteiger charge is -1.99. The van der Waals surface area contributed by atoms with Crippen molar-refractivity contribution in [3.05, 3.63) is 47.0 Å². The van der Waals surface area contributed by atoms with E-state index in [2.05, 4.69) is 26.6 Å². The smallest absolute Gasteiger partial charge is 0.322 e. The molecule has 9 heteroatoms. The fraction of sp³-hybridized carbons (Fsp3) is 0.0588. The molecule has 0 aliphatic heterocycles. The minimum atomic E-state index is 0.178. The summed E-state index contributed by atoms with van der Waals surface area (Å²) in [5.74, 6) is 0.914. The Kier molecular flexibility index (Phi) is 4.16. The molecule has 0 amide bonds. The Balaban J connectivity index is 1.65. The quantitative estimate of drug-likeness (QED) is 0.548. The predicted molar refractivity (Wildman–Crippen MR) is 98.9 cm³/mol. The number of nitriles is 1. The van der Waals surface area contributed by atoms with Crippen molar-refractivity contribution < 1.29 is 9.15 Å². The summed E-state index contributed by atoms with van der Waals surface area (Å²) in [5, 5.41) is 21.2. The first-order valence-electron chi connectivity index (χ1n) is 7.42. The van der Waals surface area contributed by atoms with Gasteiger partial charge in [-0.1, -0.05) is 34.1 Å². The van der Waals surface area contributed by atoms with Crippen LogP contribution in [0.5, 0.6) is 5.75 Å². The molecule has 0 saturated heterocycles. The molecule has 0 spiro atoms. The number of halogens is 1. The zero-order valence-corrected chi connectivity index (χ0v) is 14.9. The molecule has 4 rings (SSSR count). The van der Waals surface area contributed by atoms with Crippen LogP contribution in [0.15, 0.2) is 40.8 Å². The summed E-state index contributed by atoms with van der Waals surface area (Å²) in [7, 11) is 1.60. The summed E-state index contributed by atoms with van der Waals surface area (Å²) in [4.78, 5) is 4.49. The number of benzene rings is 2. The Labute approximate surface area is 156 Å². The van der Waals surface area contributed by atoms with Gasteiger partial charge in [-0.3, -0.25) is 5.32 Å². The number of fused-ring (bicyclic) bond motifs is 1. The molecule has 1 N–H and O–H groups in total. The van der Waals surface area contributed by atoms with E-state index in [0.717, 1.165) is 10.2 Å². The van der Waals surface area contributed by atoms with Crippen molar-refractivity contribution in [2.75, 3.05) is 12.4 Å². The molecule has 0 fully saturated rings. The second kappa shape index (κ2) is 6.63. The van der Waals surface area contributed by atoms with Crippen LogP contribution < -0.4 is 10.1 Å². The van der Waals surface area contributed by atoms with Gasteiger partial charge in [-0.25, -0.2) is 4.98 Å². The van der Waals surface area contributed by atoms with E-state index in [1.807, 2.05) is 18.2 Å². The highest BCUT2D eigenvalue weighted by Crippen LogP contribution is 2.34. The van der Waals surface area contributed by atoms with Gasteiger partial charge >= 0.3 is 6.01 Å². The second-order valence-corrected chi connectivity index (χ2v) is 6.63. The molecule has 26 heavy (non-hydrogen) atoms. The molecule has 0 atom stereocenters. The maximum Gasteiger partial charge on any atom is 0.322 e. The largest absolute Gasteiger partial charge is 0.494 e. The monoisotopic (exact) mass is 383 g/mol. The van der Waals surface area contributed by atoms with Crippen LogP contribution in [0.4, 0.5) is 11.1 Å². The van der Waals surface area contributed by atoms with Gasteiger partial charge in [0.25, 0.3) is 5.89 Å². The molecule has 0 unspecified atom stereocenters. The van der Waals surface area contributed by atoms with Crippen molar-refractivity contribution in [1.82, 2.24) is 15.2 Å². The van der Waals surface area contributed by atoms with E-state index in [1.165, 1.54) is 11.3 Å². The van der Waals surface area contributed by atoms with Gasteiger partial charge in [-0.2, -0.15) is 5.26 Å². The number of hydrogen-bond acceptors (Lipinski definition) is 8. The Bertz CT molecular complexity index is 1150. The maximum atomic E-state index is 9.24. The Hall–Kier alpha value is -3.15. The van der Waals surface area contributed by atoms with Crippen LogP contribution in [0.2, 0.25) is 5.02 Å². The molecule has 7 nitrogen and oxygen atoms in total. The fourth-order valence-corrected chi connectivity index (χ4v) is 3.46. The molecule has 0 aliphatic carbocycles. The highest BCUT2D eigenvalue weighted by Gasteiger charge is 2.15. The highest BCUT2D eigenvalue weighted by molar-refractivity contribution is 7.22. The first kappa shape index (κ1) is 16.3. The van der Waals surface area contributed by atoms with Crippen LogP contribution in [-0.2, 0) is 0 Å². The summed E-state index contributed by atoms with van der Waals surface area (Å²) >= 11 is 7.35. The molecular weight excluding hydrogens is 374 g/mol. The standard InChI is InChI=1S/C17H10ClN5O2S/c1-24-12-3-2-4-13-14(12)20-17(26-13)21-16-23-22-15(25-16)11-6-5-10(18)7-9(11)8-19/h2-7H,1H3,(H,20,21,23). The summed E-state index contributed by atoms with van der Waals surface area (Å²) in [5.41, 5.74) is 1.63. The summed E-state index contributed by atoms with van der Waals surface area (Å²) in [6, 6.07) is 12.8. The van der Waals surface area contributed by atoms with E-state index >= 15 is 0 Å². The molecule has 0 radical (unpaired) electrons. The Morgan fingerprint density at radius 1 is 1.27 bits per heavy atom. The first-order chi connectivity index (χ1) is 12.7. The average Bonchev–Trinajstić information content (AvgIpc) is 3.27. The molecule has 0 saturated carbocycles. The van der Waals surface area contributed by atoms with E-state index < -0.39 is 0 Å². The number of hydrogen-bond donors (Lipinski definition) is 1. The third-order valence-corrected chi connectivity index (χ3v) is 4.74. The van der Waals surface area contributed by atoms with Gasteiger partial charge in [0, 0.05) is 5.02 Å². The lowest BCUT2D eigenvalue weighted by molar-refractivity contribution is 0.419. The molecule has 0 bridgehead atoms. The van der Waals surface area contributed by atoms with Gasteiger partial charge in [-0.15, -0.1) is 5.10 Å². The SMILES string of the molecule is COc1cccc2sc(Nc3nnc(-c4ccc(Cl)cc4C#N)o3)nc12. The number of ether oxygens (including phenoxy) is 1. The fourth-order valence-electron chi connectivity index (χ4n) is 2.41. The molecule has 4 aromatic rings. The van der Waals surface area contributed by atoms with Crippen LogP contribution in [0.1, 0.15) is 5.56 Å². The number of para-hydroxylation sites is 1. The van der Waals surface area contributed by atoms with Gasteiger partial charge in [0.05, 0.1) is 22.9 Å². The van der Waals surface area contributed by atoms with Gasteiger partial charge in [0.15, 0.2) is 5.13 Å². The number of aromatic nitrogens is 3. The third kappa shape index (κ3) is 2.94. The van der Waals surface area contributed by atoms with E-state index in [1.54, 1.807) is 25.3 Å². The molecule has 2 heterocycles. The molecule has 2 aromatic carbocycles.